The average molecular weight is 258 g/mol. The Balaban J connectivity index is 1.95. The fourth-order valence-electron chi connectivity index (χ4n) is 2.12. The molecule has 2 atom stereocenters. The van der Waals surface area contributed by atoms with Gasteiger partial charge in [0.1, 0.15) is 6.04 Å². The maximum atomic E-state index is 12.0. The molecule has 0 bridgehead atoms. The molecule has 2 rings (SSSR count). The summed E-state index contributed by atoms with van der Waals surface area (Å²) in [4.78, 5) is 35.5. The summed E-state index contributed by atoms with van der Waals surface area (Å²) in [5.74, 6) is -1.05. The highest BCUT2D eigenvalue weighted by molar-refractivity contribution is 8.14. The lowest BCUT2D eigenvalue weighted by molar-refractivity contribution is -0.146. The number of nitrogens with zero attached hydrogens (tertiary/aromatic N) is 1. The number of nitrogens with one attached hydrogen (secondary N) is 1. The normalized spacial score (nSPS) is 28.9. The maximum absolute atomic E-state index is 12.0. The highest BCUT2D eigenvalue weighted by atomic mass is 32.2. The minimum Gasteiger partial charge on any atom is -0.481 e. The first-order valence-corrected chi connectivity index (χ1v) is 6.51. The van der Waals surface area contributed by atoms with Gasteiger partial charge >= 0.3 is 5.97 Å². The minimum absolute atomic E-state index is 0.158. The van der Waals surface area contributed by atoms with Crippen LogP contribution in [0.25, 0.3) is 0 Å². The summed E-state index contributed by atoms with van der Waals surface area (Å²) in [6.45, 7) is 0.838. The van der Waals surface area contributed by atoms with Gasteiger partial charge in [0, 0.05) is 18.8 Å². The summed E-state index contributed by atoms with van der Waals surface area (Å²) >= 11 is 1.09. The molecule has 2 heterocycles. The smallest absolute Gasteiger partial charge is 0.308 e. The van der Waals surface area contributed by atoms with Gasteiger partial charge in [0.2, 0.25) is 5.91 Å². The lowest BCUT2D eigenvalue weighted by Gasteiger charge is -2.32. The molecular formula is C10H14N2O4S. The van der Waals surface area contributed by atoms with Crippen LogP contribution in [0.2, 0.25) is 0 Å². The predicted octanol–water partition coefficient (Wildman–Crippen LogP) is 0.135. The van der Waals surface area contributed by atoms with E-state index in [2.05, 4.69) is 5.32 Å². The highest BCUT2D eigenvalue weighted by Gasteiger charge is 2.35. The first kappa shape index (κ1) is 12.2. The molecule has 94 valence electrons. The number of likely N-dealkylation sites (tertiary alicyclic amines) is 1. The number of aliphatic carboxylic acids is 1. The Bertz CT molecular complexity index is 360. The van der Waals surface area contributed by atoms with Gasteiger partial charge in [0.25, 0.3) is 5.24 Å². The highest BCUT2D eigenvalue weighted by Crippen LogP contribution is 2.20. The first-order chi connectivity index (χ1) is 8.08. The van der Waals surface area contributed by atoms with Crippen molar-refractivity contribution in [2.75, 3.05) is 18.8 Å². The van der Waals surface area contributed by atoms with Crippen molar-refractivity contribution in [3.63, 3.8) is 0 Å². The van der Waals surface area contributed by atoms with Crippen LogP contribution < -0.4 is 5.32 Å². The third-order valence-corrected chi connectivity index (χ3v) is 3.93. The number of carbonyl (C=O) groups is 3. The van der Waals surface area contributed by atoms with Crippen molar-refractivity contribution >= 4 is 28.9 Å². The molecule has 2 N–H and O–H groups in total. The molecule has 0 aromatic carbocycles. The summed E-state index contributed by atoms with van der Waals surface area (Å²) in [5.41, 5.74) is 0. The van der Waals surface area contributed by atoms with E-state index in [1.807, 2.05) is 0 Å². The molecule has 2 aliphatic heterocycles. The lowest BCUT2D eigenvalue weighted by atomic mass is 9.98. The molecular weight excluding hydrogens is 244 g/mol. The van der Waals surface area contributed by atoms with E-state index >= 15 is 0 Å². The predicted molar refractivity (Wildman–Crippen MR) is 61.7 cm³/mol. The molecule has 7 heteroatoms. The Labute approximate surface area is 103 Å². The second-order valence-electron chi connectivity index (χ2n) is 4.26. The second kappa shape index (κ2) is 4.95. The number of hydrogen-bond acceptors (Lipinski definition) is 4. The summed E-state index contributed by atoms with van der Waals surface area (Å²) in [6, 6.07) is -0.486. The number of piperidine rings is 1. The van der Waals surface area contributed by atoms with E-state index in [-0.39, 0.29) is 17.7 Å². The standard InChI is InChI=1S/C10H14N2O4S/c13-8(7-5-17-10(16)11-7)12-3-1-2-6(4-12)9(14)15/h6-7H,1-5H2,(H,11,16)(H,14,15)/t6?,7-/m0/s1. The number of carboxylic acid groups (broad SMARTS) is 1. The Morgan fingerprint density at radius 3 is 2.82 bits per heavy atom. The van der Waals surface area contributed by atoms with Gasteiger partial charge < -0.3 is 15.3 Å². The van der Waals surface area contributed by atoms with Crippen LogP contribution in [0, 0.1) is 5.92 Å². The van der Waals surface area contributed by atoms with E-state index in [0.717, 1.165) is 11.8 Å². The van der Waals surface area contributed by atoms with Crippen LogP contribution in [0.1, 0.15) is 12.8 Å². The number of carbonyl (C=O) groups excluding carboxylic acids is 2. The van der Waals surface area contributed by atoms with Gasteiger partial charge in [-0.15, -0.1) is 0 Å². The quantitative estimate of drug-likeness (QED) is 0.735. The van der Waals surface area contributed by atoms with Crippen molar-refractivity contribution in [2.24, 2.45) is 5.92 Å². The van der Waals surface area contributed by atoms with Crippen LogP contribution in [-0.2, 0) is 9.59 Å². The van der Waals surface area contributed by atoms with Crippen molar-refractivity contribution < 1.29 is 19.5 Å². The van der Waals surface area contributed by atoms with E-state index in [9.17, 15) is 14.4 Å². The second-order valence-corrected chi connectivity index (χ2v) is 5.25. The summed E-state index contributed by atoms with van der Waals surface area (Å²) < 4.78 is 0. The molecule has 0 aliphatic carbocycles. The SMILES string of the molecule is O=C1N[C@H](C(=O)N2CCCC(C(=O)O)C2)CS1. The molecule has 2 aliphatic rings. The van der Waals surface area contributed by atoms with E-state index in [1.54, 1.807) is 4.90 Å². The monoisotopic (exact) mass is 258 g/mol. The zero-order valence-corrected chi connectivity index (χ0v) is 10.0. The molecule has 2 amide bonds. The van der Waals surface area contributed by atoms with E-state index in [0.29, 0.717) is 25.1 Å². The first-order valence-electron chi connectivity index (χ1n) is 5.53. The van der Waals surface area contributed by atoms with Crippen molar-refractivity contribution in [1.29, 1.82) is 0 Å². The molecule has 17 heavy (non-hydrogen) atoms. The largest absolute Gasteiger partial charge is 0.481 e. The Kier molecular flexibility index (Phi) is 3.56. The minimum atomic E-state index is -0.854. The number of thioether (sulfide) groups is 1. The zero-order valence-electron chi connectivity index (χ0n) is 9.22. The van der Waals surface area contributed by atoms with Crippen molar-refractivity contribution in [1.82, 2.24) is 10.2 Å². The molecule has 0 aromatic rings. The van der Waals surface area contributed by atoms with Crippen LogP contribution in [0.15, 0.2) is 0 Å². The fraction of sp³-hybridized carbons (Fsp3) is 0.700. The number of carboxylic acids is 1. The number of hydrogen-bond donors (Lipinski definition) is 2. The van der Waals surface area contributed by atoms with Gasteiger partial charge in [0.15, 0.2) is 0 Å². The van der Waals surface area contributed by atoms with Crippen LogP contribution in [-0.4, -0.2) is 52.0 Å². The lowest BCUT2D eigenvalue weighted by Crippen LogP contribution is -2.50. The van der Waals surface area contributed by atoms with Crippen molar-refractivity contribution in [3.05, 3.63) is 0 Å². The molecule has 0 spiro atoms. The van der Waals surface area contributed by atoms with Crippen molar-refractivity contribution in [3.8, 4) is 0 Å². The Morgan fingerprint density at radius 1 is 1.47 bits per heavy atom. The van der Waals surface area contributed by atoms with Crippen LogP contribution in [0.4, 0.5) is 4.79 Å². The van der Waals surface area contributed by atoms with Gasteiger partial charge in [-0.2, -0.15) is 0 Å². The van der Waals surface area contributed by atoms with E-state index < -0.39 is 17.9 Å². The van der Waals surface area contributed by atoms with Crippen LogP contribution in [0.5, 0.6) is 0 Å². The average Bonchev–Trinajstić information content (AvgIpc) is 2.75. The van der Waals surface area contributed by atoms with Gasteiger partial charge in [-0.3, -0.25) is 14.4 Å². The van der Waals surface area contributed by atoms with Gasteiger partial charge in [-0.05, 0) is 12.8 Å². The summed E-state index contributed by atoms with van der Waals surface area (Å²) in [6.07, 6.45) is 1.32. The molecule has 2 fully saturated rings. The third kappa shape index (κ3) is 2.71. The topological polar surface area (TPSA) is 86.7 Å². The zero-order chi connectivity index (χ0) is 12.4. The van der Waals surface area contributed by atoms with Crippen LogP contribution in [0.3, 0.4) is 0 Å². The fourth-order valence-corrected chi connectivity index (χ4v) is 2.89. The Hall–Kier alpha value is -1.24. The molecule has 6 nitrogen and oxygen atoms in total. The molecule has 1 unspecified atom stereocenters. The summed E-state index contributed by atoms with van der Waals surface area (Å²) in [5, 5.41) is 11.3. The van der Waals surface area contributed by atoms with Gasteiger partial charge in [0.05, 0.1) is 5.92 Å². The Morgan fingerprint density at radius 2 is 2.24 bits per heavy atom. The molecule has 0 saturated carbocycles. The van der Waals surface area contributed by atoms with Gasteiger partial charge in [-0.25, -0.2) is 0 Å². The van der Waals surface area contributed by atoms with Crippen LogP contribution >= 0.6 is 11.8 Å². The van der Waals surface area contributed by atoms with E-state index in [1.165, 1.54) is 0 Å². The number of rotatable bonds is 2. The van der Waals surface area contributed by atoms with Crippen molar-refractivity contribution in [2.45, 2.75) is 18.9 Å². The molecule has 0 radical (unpaired) electrons. The number of amides is 2. The molecule has 0 aromatic heterocycles. The van der Waals surface area contributed by atoms with Gasteiger partial charge in [-0.1, -0.05) is 11.8 Å². The van der Waals surface area contributed by atoms with E-state index in [4.69, 9.17) is 5.11 Å². The summed E-state index contributed by atoms with van der Waals surface area (Å²) in [7, 11) is 0. The molecule has 2 saturated heterocycles. The third-order valence-electron chi connectivity index (χ3n) is 3.05. The maximum Gasteiger partial charge on any atom is 0.308 e.